The van der Waals surface area contributed by atoms with Crippen molar-refractivity contribution >= 4 is 12.1 Å². The van der Waals surface area contributed by atoms with E-state index in [-0.39, 0.29) is 17.4 Å². The van der Waals surface area contributed by atoms with Crippen LogP contribution in [-0.2, 0) is 14.3 Å². The number of fused-ring (bicyclic) bond motifs is 2. The normalized spacial score (nSPS) is 25.7. The number of ether oxygens (including phenoxy) is 2. The highest BCUT2D eigenvalue weighted by Crippen LogP contribution is 2.39. The van der Waals surface area contributed by atoms with Crippen LogP contribution in [-0.4, -0.2) is 46.9 Å². The Hall–Kier alpha value is -1.72. The van der Waals surface area contributed by atoms with Gasteiger partial charge in [0.2, 0.25) is 0 Å². The summed E-state index contributed by atoms with van der Waals surface area (Å²) in [6.07, 6.45) is 1.25. The number of aliphatic hydroxyl groups excluding tert-OH is 1. The molecule has 2 rings (SSSR count). The number of carbonyl (C=O) groups is 2. The number of esters is 1. The fraction of sp³-hybridized carbons (Fsp3) is 0.714. The average Bonchev–Trinajstić information content (AvgIpc) is 2.68. The molecule has 2 aliphatic rings. The number of nitrogens with zero attached hydrogens (tertiary/aromatic N) is 1. The van der Waals surface area contributed by atoms with Crippen LogP contribution in [0.25, 0.3) is 0 Å². The van der Waals surface area contributed by atoms with E-state index in [4.69, 9.17) is 4.74 Å². The smallest absolute Gasteiger partial charge is 0.411 e. The largest absolute Gasteiger partial charge is 0.510 e. The monoisotopic (exact) mass is 283 g/mol. The molecule has 6 heteroatoms. The van der Waals surface area contributed by atoms with E-state index in [9.17, 15) is 14.7 Å². The first-order valence-electron chi connectivity index (χ1n) is 6.76. The van der Waals surface area contributed by atoms with Gasteiger partial charge in [0.1, 0.15) is 11.4 Å². The van der Waals surface area contributed by atoms with Crippen molar-refractivity contribution in [1.82, 2.24) is 4.90 Å². The second-order valence-electron chi connectivity index (χ2n) is 6.19. The topological polar surface area (TPSA) is 76.1 Å². The fourth-order valence-electron chi connectivity index (χ4n) is 2.80. The molecular weight excluding hydrogens is 262 g/mol. The van der Waals surface area contributed by atoms with Crippen LogP contribution in [0.2, 0.25) is 0 Å². The first kappa shape index (κ1) is 14.7. The van der Waals surface area contributed by atoms with E-state index in [1.165, 1.54) is 7.11 Å². The molecule has 1 amide bonds. The van der Waals surface area contributed by atoms with Crippen molar-refractivity contribution in [3.63, 3.8) is 0 Å². The Labute approximate surface area is 118 Å². The van der Waals surface area contributed by atoms with E-state index in [1.54, 1.807) is 25.7 Å². The number of rotatable bonds is 1. The Kier molecular flexibility index (Phi) is 3.67. The van der Waals surface area contributed by atoms with Gasteiger partial charge in [-0.1, -0.05) is 0 Å². The highest BCUT2D eigenvalue weighted by Gasteiger charge is 2.47. The van der Waals surface area contributed by atoms with Crippen molar-refractivity contribution in [2.75, 3.05) is 7.11 Å². The fourth-order valence-corrected chi connectivity index (χ4v) is 2.80. The third-order valence-electron chi connectivity index (χ3n) is 3.60. The van der Waals surface area contributed by atoms with Crippen LogP contribution in [0.5, 0.6) is 0 Å². The van der Waals surface area contributed by atoms with Crippen LogP contribution in [0.3, 0.4) is 0 Å². The Morgan fingerprint density at radius 2 is 1.95 bits per heavy atom. The van der Waals surface area contributed by atoms with E-state index >= 15 is 0 Å². The van der Waals surface area contributed by atoms with Crippen LogP contribution in [0, 0.1) is 0 Å². The average molecular weight is 283 g/mol. The minimum Gasteiger partial charge on any atom is -0.510 e. The van der Waals surface area contributed by atoms with Gasteiger partial charge in [0.05, 0.1) is 18.7 Å². The second kappa shape index (κ2) is 5.00. The number of methoxy groups -OCH3 is 1. The lowest BCUT2D eigenvalue weighted by molar-refractivity contribution is -0.137. The van der Waals surface area contributed by atoms with Crippen molar-refractivity contribution in [2.24, 2.45) is 0 Å². The van der Waals surface area contributed by atoms with Crippen molar-refractivity contribution < 1.29 is 24.2 Å². The number of carbonyl (C=O) groups excluding carboxylic acids is 2. The summed E-state index contributed by atoms with van der Waals surface area (Å²) < 4.78 is 10.0. The van der Waals surface area contributed by atoms with E-state index in [1.807, 2.05) is 0 Å². The summed E-state index contributed by atoms with van der Waals surface area (Å²) in [4.78, 5) is 25.4. The van der Waals surface area contributed by atoms with Gasteiger partial charge in [-0.3, -0.25) is 4.90 Å². The van der Waals surface area contributed by atoms with Crippen molar-refractivity contribution in [3.8, 4) is 0 Å². The minimum absolute atomic E-state index is 0.0588. The Morgan fingerprint density at radius 3 is 2.50 bits per heavy atom. The molecular formula is C14H21NO5. The van der Waals surface area contributed by atoms with Gasteiger partial charge in [-0.15, -0.1) is 0 Å². The summed E-state index contributed by atoms with van der Waals surface area (Å²) >= 11 is 0. The molecule has 0 aromatic rings. The maximum atomic E-state index is 12.2. The van der Waals surface area contributed by atoms with E-state index in [0.717, 1.165) is 6.42 Å². The second-order valence-corrected chi connectivity index (χ2v) is 6.19. The molecule has 6 nitrogen and oxygen atoms in total. The number of hydrogen-bond acceptors (Lipinski definition) is 5. The molecule has 0 saturated carbocycles. The SMILES string of the molecule is COC(=O)C1=C(O)[C@@H]2CC[C@H](C1)N2C(=O)OC(C)(C)C. The maximum Gasteiger partial charge on any atom is 0.411 e. The van der Waals surface area contributed by atoms with Gasteiger partial charge in [0, 0.05) is 12.5 Å². The summed E-state index contributed by atoms with van der Waals surface area (Å²) in [5.74, 6) is -0.584. The molecule has 20 heavy (non-hydrogen) atoms. The minimum atomic E-state index is -0.585. The molecule has 0 unspecified atom stereocenters. The molecule has 2 atom stereocenters. The summed E-state index contributed by atoms with van der Waals surface area (Å²) in [7, 11) is 1.28. The lowest BCUT2D eigenvalue weighted by atomic mass is 10.00. The van der Waals surface area contributed by atoms with E-state index in [2.05, 4.69) is 4.74 Å². The zero-order chi connectivity index (χ0) is 15.1. The molecule has 0 radical (unpaired) electrons. The molecule has 112 valence electrons. The van der Waals surface area contributed by atoms with Crippen molar-refractivity contribution in [2.45, 2.75) is 57.7 Å². The van der Waals surface area contributed by atoms with E-state index < -0.39 is 23.7 Å². The maximum absolute atomic E-state index is 12.2. The number of aliphatic hydroxyl groups is 1. The van der Waals surface area contributed by atoms with Gasteiger partial charge in [0.25, 0.3) is 0 Å². The highest BCUT2D eigenvalue weighted by molar-refractivity contribution is 5.90. The quantitative estimate of drug-likeness (QED) is 0.746. The molecule has 0 aliphatic carbocycles. The molecule has 0 aromatic carbocycles. The van der Waals surface area contributed by atoms with Crippen molar-refractivity contribution in [1.29, 1.82) is 0 Å². The lowest BCUT2D eigenvalue weighted by Gasteiger charge is -2.36. The molecule has 2 aliphatic heterocycles. The standard InChI is InChI=1S/C14H21NO5/c1-14(2,3)20-13(18)15-8-5-6-10(15)11(16)9(7-8)12(17)19-4/h8,10,16H,5-7H2,1-4H3/t8-,10+/m1/s1. The molecule has 1 saturated heterocycles. The van der Waals surface area contributed by atoms with Gasteiger partial charge >= 0.3 is 12.1 Å². The van der Waals surface area contributed by atoms with Gasteiger partial charge in [-0.25, -0.2) is 9.59 Å². The van der Waals surface area contributed by atoms with Gasteiger partial charge in [0.15, 0.2) is 0 Å². The van der Waals surface area contributed by atoms with Crippen LogP contribution < -0.4 is 0 Å². The van der Waals surface area contributed by atoms with Crippen LogP contribution in [0.1, 0.15) is 40.0 Å². The molecule has 0 aromatic heterocycles. The lowest BCUT2D eigenvalue weighted by Crippen LogP contribution is -2.48. The summed E-state index contributed by atoms with van der Waals surface area (Å²) in [5, 5.41) is 10.2. The Bertz CT molecular complexity index is 463. The highest BCUT2D eigenvalue weighted by atomic mass is 16.6. The first-order chi connectivity index (χ1) is 9.24. The predicted octanol–water partition coefficient (Wildman–Crippen LogP) is 2.14. The third-order valence-corrected chi connectivity index (χ3v) is 3.60. The summed E-state index contributed by atoms with van der Waals surface area (Å²) in [6, 6.07) is -0.586. The molecule has 2 bridgehead atoms. The zero-order valence-electron chi connectivity index (χ0n) is 12.3. The van der Waals surface area contributed by atoms with Crippen molar-refractivity contribution in [3.05, 3.63) is 11.3 Å². The summed E-state index contributed by atoms with van der Waals surface area (Å²) in [6.45, 7) is 5.39. The Morgan fingerprint density at radius 1 is 1.30 bits per heavy atom. The number of amides is 1. The molecule has 1 N–H and O–H groups in total. The van der Waals surface area contributed by atoms with Gasteiger partial charge in [-0.05, 0) is 33.6 Å². The number of hydrogen-bond donors (Lipinski definition) is 1. The zero-order valence-corrected chi connectivity index (χ0v) is 12.3. The van der Waals surface area contributed by atoms with Gasteiger partial charge in [-0.2, -0.15) is 0 Å². The van der Waals surface area contributed by atoms with Crippen LogP contribution >= 0.6 is 0 Å². The Balaban J connectivity index is 2.22. The molecule has 0 spiro atoms. The van der Waals surface area contributed by atoms with Crippen LogP contribution in [0.4, 0.5) is 4.79 Å². The summed E-state index contributed by atoms with van der Waals surface area (Å²) in [5.41, 5.74) is -0.307. The van der Waals surface area contributed by atoms with Gasteiger partial charge < -0.3 is 14.6 Å². The third kappa shape index (κ3) is 2.59. The van der Waals surface area contributed by atoms with Crippen LogP contribution in [0.15, 0.2) is 11.3 Å². The van der Waals surface area contributed by atoms with E-state index in [0.29, 0.717) is 12.8 Å². The molecule has 2 heterocycles. The first-order valence-corrected chi connectivity index (χ1v) is 6.76. The predicted molar refractivity (Wildman–Crippen MR) is 71.2 cm³/mol. The molecule has 1 fully saturated rings.